The van der Waals surface area contributed by atoms with Crippen LogP contribution in [0.4, 0.5) is 0 Å². The average molecular weight is 244 g/mol. The van der Waals surface area contributed by atoms with E-state index in [-0.39, 0.29) is 0 Å². The molecular weight excluding hydrogens is 228 g/mol. The lowest BCUT2D eigenvalue weighted by Gasteiger charge is -2.08. The minimum Gasteiger partial charge on any atom is -0.464 e. The molecule has 18 heavy (non-hydrogen) atoms. The monoisotopic (exact) mass is 244 g/mol. The van der Waals surface area contributed by atoms with E-state index in [9.17, 15) is 4.79 Å². The Morgan fingerprint density at radius 2 is 1.78 bits per heavy atom. The number of rotatable bonds is 2. The van der Waals surface area contributed by atoms with E-state index in [1.807, 2.05) is 13.8 Å². The molecule has 0 saturated carbocycles. The summed E-state index contributed by atoms with van der Waals surface area (Å²) in [6, 6.07) is 5.93. The average Bonchev–Trinajstić information content (AvgIpc) is 2.76. The summed E-state index contributed by atoms with van der Waals surface area (Å²) >= 11 is 0. The minimum absolute atomic E-state index is 0.367. The predicted octanol–water partition coefficient (Wildman–Crippen LogP) is 2.79. The second-order valence-electron chi connectivity index (χ2n) is 4.43. The van der Waals surface area contributed by atoms with E-state index < -0.39 is 5.97 Å². The molecule has 0 fully saturated rings. The van der Waals surface area contributed by atoms with Crippen molar-refractivity contribution >= 4 is 5.97 Å². The van der Waals surface area contributed by atoms with Gasteiger partial charge in [0, 0.05) is 5.56 Å². The number of H-pyrrole nitrogens is 1. The molecule has 1 N–H and O–H groups in total. The van der Waals surface area contributed by atoms with Crippen molar-refractivity contribution in [3.63, 3.8) is 0 Å². The number of aryl methyl sites for hydroxylation is 3. The van der Waals surface area contributed by atoms with Gasteiger partial charge in [0.2, 0.25) is 0 Å². The number of esters is 1. The zero-order valence-electron chi connectivity index (χ0n) is 11.0. The molecule has 0 radical (unpaired) electrons. The molecule has 0 aliphatic carbocycles. The number of nitrogens with one attached hydrogen (secondary N) is 1. The topological polar surface area (TPSA) is 55.0 Å². The van der Waals surface area contributed by atoms with Crippen LogP contribution in [0.3, 0.4) is 0 Å². The second kappa shape index (κ2) is 4.64. The fourth-order valence-electron chi connectivity index (χ4n) is 2.25. The van der Waals surface area contributed by atoms with Crippen molar-refractivity contribution in [2.45, 2.75) is 20.8 Å². The van der Waals surface area contributed by atoms with Gasteiger partial charge in [-0.15, -0.1) is 0 Å². The van der Waals surface area contributed by atoms with Gasteiger partial charge in [-0.2, -0.15) is 5.10 Å². The van der Waals surface area contributed by atoms with Crippen molar-refractivity contribution in [3.05, 3.63) is 40.6 Å². The van der Waals surface area contributed by atoms with E-state index in [4.69, 9.17) is 0 Å². The van der Waals surface area contributed by atoms with Crippen molar-refractivity contribution in [2.24, 2.45) is 0 Å². The van der Waals surface area contributed by atoms with Crippen molar-refractivity contribution < 1.29 is 9.53 Å². The molecule has 0 aliphatic rings. The number of aromatic nitrogens is 2. The third-order valence-electron chi connectivity index (χ3n) is 2.92. The van der Waals surface area contributed by atoms with Gasteiger partial charge in [-0.3, -0.25) is 5.10 Å². The number of carbonyl (C=O) groups is 1. The van der Waals surface area contributed by atoms with E-state index >= 15 is 0 Å². The van der Waals surface area contributed by atoms with Gasteiger partial charge < -0.3 is 4.74 Å². The van der Waals surface area contributed by atoms with Gasteiger partial charge >= 0.3 is 5.97 Å². The minimum atomic E-state index is -0.406. The maximum absolute atomic E-state index is 11.4. The molecule has 1 heterocycles. The molecule has 0 spiro atoms. The Bertz CT molecular complexity index is 577. The highest BCUT2D eigenvalue weighted by molar-refractivity contribution is 5.88. The Kier molecular flexibility index (Phi) is 3.19. The molecule has 94 valence electrons. The third kappa shape index (κ3) is 2.14. The largest absolute Gasteiger partial charge is 0.464 e. The van der Waals surface area contributed by atoms with Gasteiger partial charge in [0.05, 0.1) is 12.8 Å². The van der Waals surface area contributed by atoms with E-state index in [0.717, 1.165) is 22.4 Å². The molecule has 4 heteroatoms. The highest BCUT2D eigenvalue weighted by atomic mass is 16.5. The van der Waals surface area contributed by atoms with Crippen molar-refractivity contribution in [1.82, 2.24) is 10.2 Å². The number of ether oxygens (including phenoxy) is 1. The third-order valence-corrected chi connectivity index (χ3v) is 2.92. The molecule has 0 aliphatic heterocycles. The number of aromatic amines is 1. The smallest absolute Gasteiger partial charge is 0.356 e. The molecule has 4 nitrogen and oxygen atoms in total. The number of carbonyl (C=O) groups excluding carboxylic acids is 1. The summed E-state index contributed by atoms with van der Waals surface area (Å²) in [6.07, 6.45) is 0. The van der Waals surface area contributed by atoms with Crippen LogP contribution in [0.5, 0.6) is 0 Å². The summed E-state index contributed by atoms with van der Waals surface area (Å²) in [4.78, 5) is 11.4. The van der Waals surface area contributed by atoms with Gasteiger partial charge in [-0.1, -0.05) is 17.7 Å². The first-order valence-corrected chi connectivity index (χ1v) is 5.75. The lowest BCUT2D eigenvalue weighted by Crippen LogP contribution is -2.00. The molecule has 0 amide bonds. The van der Waals surface area contributed by atoms with Crippen LogP contribution in [0.2, 0.25) is 0 Å². The zero-order valence-corrected chi connectivity index (χ0v) is 11.0. The summed E-state index contributed by atoms with van der Waals surface area (Å²) in [6.45, 7) is 6.15. The number of hydrogen-bond donors (Lipinski definition) is 1. The van der Waals surface area contributed by atoms with Crippen molar-refractivity contribution in [1.29, 1.82) is 0 Å². The highest BCUT2D eigenvalue weighted by Gasteiger charge is 2.14. The Balaban J connectivity index is 2.49. The molecule has 0 bridgehead atoms. The summed E-state index contributed by atoms with van der Waals surface area (Å²) < 4.78 is 4.65. The summed E-state index contributed by atoms with van der Waals surface area (Å²) in [7, 11) is 1.35. The predicted molar refractivity (Wildman–Crippen MR) is 69.6 cm³/mol. The second-order valence-corrected chi connectivity index (χ2v) is 4.43. The molecule has 0 atom stereocenters. The first kappa shape index (κ1) is 12.4. The Morgan fingerprint density at radius 3 is 2.33 bits per heavy atom. The van der Waals surface area contributed by atoms with Crippen LogP contribution in [0, 0.1) is 20.8 Å². The lowest BCUT2D eigenvalue weighted by molar-refractivity contribution is 0.0594. The number of hydrogen-bond acceptors (Lipinski definition) is 3. The van der Waals surface area contributed by atoms with Crippen LogP contribution >= 0.6 is 0 Å². The van der Waals surface area contributed by atoms with Crippen LogP contribution < -0.4 is 0 Å². The number of methoxy groups -OCH3 is 1. The molecule has 2 rings (SSSR count). The summed E-state index contributed by atoms with van der Waals surface area (Å²) in [5, 5.41) is 6.88. The van der Waals surface area contributed by atoms with E-state index in [1.54, 1.807) is 6.07 Å². The molecule has 1 aromatic carbocycles. The normalized spacial score (nSPS) is 10.4. The molecule has 1 aromatic heterocycles. The van der Waals surface area contributed by atoms with Gasteiger partial charge in [-0.05, 0) is 38.0 Å². The van der Waals surface area contributed by atoms with Gasteiger partial charge in [-0.25, -0.2) is 4.79 Å². The van der Waals surface area contributed by atoms with Crippen LogP contribution in [0.1, 0.15) is 27.2 Å². The van der Waals surface area contributed by atoms with E-state index in [2.05, 4.69) is 34.0 Å². The van der Waals surface area contributed by atoms with Crippen LogP contribution in [-0.4, -0.2) is 23.3 Å². The SMILES string of the molecule is COC(=O)c1cc(-c2c(C)cc(C)cc2C)n[nH]1. The standard InChI is InChI=1S/C14H16N2O2/c1-8-5-9(2)13(10(3)6-8)11-7-12(16-15-11)14(17)18-4/h5-7H,1-4H3,(H,15,16). The van der Waals surface area contributed by atoms with Crippen molar-refractivity contribution in [2.75, 3.05) is 7.11 Å². The van der Waals surface area contributed by atoms with Crippen LogP contribution in [-0.2, 0) is 4.74 Å². The fraction of sp³-hybridized carbons (Fsp3) is 0.286. The summed E-state index contributed by atoms with van der Waals surface area (Å²) in [5.41, 5.74) is 5.72. The highest BCUT2D eigenvalue weighted by Crippen LogP contribution is 2.27. The fourth-order valence-corrected chi connectivity index (χ4v) is 2.25. The molecule has 2 aromatic rings. The zero-order chi connectivity index (χ0) is 13.3. The van der Waals surface area contributed by atoms with E-state index in [0.29, 0.717) is 5.69 Å². The van der Waals surface area contributed by atoms with E-state index in [1.165, 1.54) is 12.7 Å². The number of nitrogens with zero attached hydrogens (tertiary/aromatic N) is 1. The molecular formula is C14H16N2O2. The Labute approximate surface area is 106 Å². The van der Waals surface area contributed by atoms with Crippen LogP contribution in [0.25, 0.3) is 11.3 Å². The Morgan fingerprint density at radius 1 is 1.17 bits per heavy atom. The summed E-state index contributed by atoms with van der Waals surface area (Å²) in [5.74, 6) is -0.406. The van der Waals surface area contributed by atoms with Crippen molar-refractivity contribution in [3.8, 4) is 11.3 Å². The first-order chi connectivity index (χ1) is 8.52. The maximum atomic E-state index is 11.4. The van der Waals surface area contributed by atoms with Gasteiger partial charge in [0.25, 0.3) is 0 Å². The molecule has 0 saturated heterocycles. The first-order valence-electron chi connectivity index (χ1n) is 5.75. The number of benzene rings is 1. The molecule has 0 unspecified atom stereocenters. The maximum Gasteiger partial charge on any atom is 0.356 e. The lowest BCUT2D eigenvalue weighted by atomic mass is 9.97. The quantitative estimate of drug-likeness (QED) is 0.826. The van der Waals surface area contributed by atoms with Gasteiger partial charge in [0.15, 0.2) is 0 Å². The van der Waals surface area contributed by atoms with Gasteiger partial charge in [0.1, 0.15) is 5.69 Å². The van der Waals surface area contributed by atoms with Crippen LogP contribution in [0.15, 0.2) is 18.2 Å². The Hall–Kier alpha value is -2.10.